The Hall–Kier alpha value is -0.570. The number of benzene rings is 1. The van der Waals surface area contributed by atoms with Crippen molar-refractivity contribution < 1.29 is 9.13 Å². The van der Waals surface area contributed by atoms with E-state index in [0.717, 1.165) is 4.47 Å². The molecule has 0 atom stereocenters. The molecule has 0 aliphatic rings. The Morgan fingerprint density at radius 3 is 2.67 bits per heavy atom. The number of rotatable bonds is 2. The molecular formula is C9H10BrFO. The quantitative estimate of drug-likeness (QED) is 0.760. The highest BCUT2D eigenvalue weighted by Gasteiger charge is 2.03. The molecule has 0 radical (unpaired) electrons. The van der Waals surface area contributed by atoms with Crippen molar-refractivity contribution in [2.24, 2.45) is 0 Å². The van der Waals surface area contributed by atoms with Gasteiger partial charge in [0.2, 0.25) is 0 Å². The van der Waals surface area contributed by atoms with Crippen LogP contribution in [0.4, 0.5) is 4.39 Å². The van der Waals surface area contributed by atoms with Crippen molar-refractivity contribution in [1.29, 1.82) is 0 Å². The Balaban J connectivity index is 2.90. The van der Waals surface area contributed by atoms with Crippen molar-refractivity contribution in [3.63, 3.8) is 0 Å². The van der Waals surface area contributed by atoms with Gasteiger partial charge in [-0.05, 0) is 41.9 Å². The van der Waals surface area contributed by atoms with Crippen LogP contribution in [0.2, 0.25) is 0 Å². The fourth-order valence-corrected chi connectivity index (χ4v) is 1.16. The smallest absolute Gasteiger partial charge is 0.136 e. The van der Waals surface area contributed by atoms with Crippen LogP contribution >= 0.6 is 15.9 Å². The van der Waals surface area contributed by atoms with Crippen LogP contribution in [0.3, 0.4) is 0 Å². The van der Waals surface area contributed by atoms with Crippen LogP contribution < -0.4 is 4.74 Å². The van der Waals surface area contributed by atoms with Crippen molar-refractivity contribution >= 4 is 15.9 Å². The third kappa shape index (κ3) is 2.48. The monoisotopic (exact) mass is 232 g/mol. The molecule has 0 aliphatic heterocycles. The molecule has 66 valence electrons. The molecule has 0 saturated carbocycles. The summed E-state index contributed by atoms with van der Waals surface area (Å²) in [5.74, 6) is 0.263. The Bertz CT molecular complexity index is 273. The maximum absolute atomic E-state index is 12.7. The summed E-state index contributed by atoms with van der Waals surface area (Å²) < 4.78 is 18.8. The lowest BCUT2D eigenvalue weighted by Crippen LogP contribution is -2.06. The fraction of sp³-hybridized carbons (Fsp3) is 0.333. The van der Waals surface area contributed by atoms with Crippen LogP contribution in [0.15, 0.2) is 22.7 Å². The molecule has 0 saturated heterocycles. The van der Waals surface area contributed by atoms with Gasteiger partial charge in [0.25, 0.3) is 0 Å². The van der Waals surface area contributed by atoms with Crippen molar-refractivity contribution in [3.8, 4) is 5.75 Å². The highest BCUT2D eigenvalue weighted by Crippen LogP contribution is 2.26. The summed E-state index contributed by atoms with van der Waals surface area (Å²) in [6, 6.07) is 4.38. The zero-order chi connectivity index (χ0) is 9.14. The van der Waals surface area contributed by atoms with E-state index in [4.69, 9.17) is 4.74 Å². The molecule has 1 aromatic rings. The van der Waals surface area contributed by atoms with E-state index >= 15 is 0 Å². The second kappa shape index (κ2) is 3.90. The molecule has 0 N–H and O–H groups in total. The van der Waals surface area contributed by atoms with Gasteiger partial charge in [-0.1, -0.05) is 0 Å². The highest BCUT2D eigenvalue weighted by molar-refractivity contribution is 9.10. The number of halogens is 2. The van der Waals surface area contributed by atoms with Gasteiger partial charge in [-0.25, -0.2) is 4.39 Å². The molecule has 0 heterocycles. The normalized spacial score (nSPS) is 10.4. The SMILES string of the molecule is CC(C)Oc1cc(F)ccc1Br. The van der Waals surface area contributed by atoms with Crippen molar-refractivity contribution in [2.75, 3.05) is 0 Å². The number of ether oxygens (including phenoxy) is 1. The first-order valence-corrected chi connectivity index (χ1v) is 4.50. The van der Waals surface area contributed by atoms with Gasteiger partial charge in [-0.2, -0.15) is 0 Å². The Kier molecular flexibility index (Phi) is 3.09. The average Bonchev–Trinajstić information content (AvgIpc) is 1.96. The summed E-state index contributed by atoms with van der Waals surface area (Å²) in [5.41, 5.74) is 0. The van der Waals surface area contributed by atoms with E-state index in [1.165, 1.54) is 12.1 Å². The molecule has 3 heteroatoms. The molecule has 1 aromatic carbocycles. The van der Waals surface area contributed by atoms with Gasteiger partial charge in [0.05, 0.1) is 10.6 Å². The second-order valence-electron chi connectivity index (χ2n) is 2.74. The first-order valence-electron chi connectivity index (χ1n) is 3.71. The van der Waals surface area contributed by atoms with Gasteiger partial charge < -0.3 is 4.74 Å². The molecule has 0 fully saturated rings. The van der Waals surface area contributed by atoms with E-state index in [1.54, 1.807) is 6.07 Å². The van der Waals surface area contributed by atoms with E-state index in [1.807, 2.05) is 13.8 Å². The summed E-state index contributed by atoms with van der Waals surface area (Å²) in [6.07, 6.45) is 0.0584. The van der Waals surface area contributed by atoms with Crippen molar-refractivity contribution in [1.82, 2.24) is 0 Å². The van der Waals surface area contributed by atoms with Gasteiger partial charge in [-0.3, -0.25) is 0 Å². The van der Waals surface area contributed by atoms with Crippen LogP contribution in [0.1, 0.15) is 13.8 Å². The molecular weight excluding hydrogens is 223 g/mol. The van der Waals surface area contributed by atoms with Gasteiger partial charge in [-0.15, -0.1) is 0 Å². The third-order valence-electron chi connectivity index (χ3n) is 1.26. The van der Waals surface area contributed by atoms with Gasteiger partial charge >= 0.3 is 0 Å². The summed E-state index contributed by atoms with van der Waals surface area (Å²) in [4.78, 5) is 0. The molecule has 1 rings (SSSR count). The molecule has 0 amide bonds. The van der Waals surface area contributed by atoms with Gasteiger partial charge in [0.1, 0.15) is 11.6 Å². The minimum Gasteiger partial charge on any atom is -0.490 e. The Labute approximate surface area is 79.7 Å². The second-order valence-corrected chi connectivity index (χ2v) is 3.60. The Morgan fingerprint density at radius 2 is 2.08 bits per heavy atom. The average molecular weight is 233 g/mol. The lowest BCUT2D eigenvalue weighted by Gasteiger charge is -2.10. The fourth-order valence-electron chi connectivity index (χ4n) is 0.821. The predicted molar refractivity (Wildman–Crippen MR) is 49.9 cm³/mol. The maximum atomic E-state index is 12.7. The molecule has 0 unspecified atom stereocenters. The molecule has 1 nitrogen and oxygen atoms in total. The maximum Gasteiger partial charge on any atom is 0.136 e. The summed E-state index contributed by atoms with van der Waals surface area (Å²) in [7, 11) is 0. The first-order chi connectivity index (χ1) is 5.59. The van der Waals surface area contributed by atoms with E-state index in [0.29, 0.717) is 5.75 Å². The largest absolute Gasteiger partial charge is 0.490 e. The number of hydrogen-bond donors (Lipinski definition) is 0. The standard InChI is InChI=1S/C9H10BrFO/c1-6(2)12-9-5-7(11)3-4-8(9)10/h3-6H,1-2H3. The third-order valence-corrected chi connectivity index (χ3v) is 1.91. The summed E-state index contributed by atoms with van der Waals surface area (Å²) >= 11 is 3.27. The van der Waals surface area contributed by atoms with Crippen molar-refractivity contribution in [2.45, 2.75) is 20.0 Å². The molecule has 0 spiro atoms. The summed E-state index contributed by atoms with van der Waals surface area (Å²) in [6.45, 7) is 3.80. The number of hydrogen-bond acceptors (Lipinski definition) is 1. The highest BCUT2D eigenvalue weighted by atomic mass is 79.9. The van der Waals surface area contributed by atoms with E-state index in [9.17, 15) is 4.39 Å². The van der Waals surface area contributed by atoms with Crippen LogP contribution in [-0.2, 0) is 0 Å². The molecule has 12 heavy (non-hydrogen) atoms. The van der Waals surface area contributed by atoms with Crippen LogP contribution in [0.5, 0.6) is 5.75 Å². The minimum atomic E-state index is -0.283. The lowest BCUT2D eigenvalue weighted by atomic mass is 10.3. The van der Waals surface area contributed by atoms with E-state index < -0.39 is 0 Å². The summed E-state index contributed by atoms with van der Waals surface area (Å²) in [5, 5.41) is 0. The van der Waals surface area contributed by atoms with E-state index in [2.05, 4.69) is 15.9 Å². The molecule has 0 aliphatic carbocycles. The van der Waals surface area contributed by atoms with Gasteiger partial charge in [0.15, 0.2) is 0 Å². The Morgan fingerprint density at radius 1 is 1.42 bits per heavy atom. The molecule has 0 aromatic heterocycles. The predicted octanol–water partition coefficient (Wildman–Crippen LogP) is 3.38. The zero-order valence-corrected chi connectivity index (χ0v) is 8.56. The topological polar surface area (TPSA) is 9.23 Å². The lowest BCUT2D eigenvalue weighted by molar-refractivity contribution is 0.240. The van der Waals surface area contributed by atoms with Crippen LogP contribution in [0, 0.1) is 5.82 Å². The van der Waals surface area contributed by atoms with Gasteiger partial charge in [0, 0.05) is 6.07 Å². The van der Waals surface area contributed by atoms with Crippen LogP contribution in [0.25, 0.3) is 0 Å². The van der Waals surface area contributed by atoms with E-state index in [-0.39, 0.29) is 11.9 Å². The minimum absolute atomic E-state index is 0.0584. The zero-order valence-electron chi connectivity index (χ0n) is 6.97. The molecule has 0 bridgehead atoms. The first kappa shape index (κ1) is 9.52. The van der Waals surface area contributed by atoms with Crippen molar-refractivity contribution in [3.05, 3.63) is 28.5 Å². The van der Waals surface area contributed by atoms with Crippen LogP contribution in [-0.4, -0.2) is 6.10 Å².